The number of hydrogen-bond acceptors (Lipinski definition) is 3. The van der Waals surface area contributed by atoms with E-state index in [4.69, 9.17) is 10.2 Å². The van der Waals surface area contributed by atoms with Crippen LogP contribution < -0.4 is 0 Å². The molecule has 0 fully saturated rings. The molecule has 0 rings (SSSR count). The molecule has 0 spiro atoms. The highest BCUT2D eigenvalue weighted by Gasteiger charge is 1.90. The van der Waals surface area contributed by atoms with Crippen molar-refractivity contribution >= 4 is 0 Å². The molecule has 0 aromatic carbocycles. The van der Waals surface area contributed by atoms with Crippen LogP contribution in [0.5, 0.6) is 0 Å². The molecular weight excluding hydrogens is 192 g/mol. The van der Waals surface area contributed by atoms with Crippen molar-refractivity contribution in [3.63, 3.8) is 0 Å². The molecule has 0 aliphatic heterocycles. The second-order valence-corrected chi connectivity index (χ2v) is 3.68. The van der Waals surface area contributed by atoms with Gasteiger partial charge in [0.15, 0.2) is 0 Å². The van der Waals surface area contributed by atoms with Gasteiger partial charge in [0, 0.05) is 27.4 Å². The lowest BCUT2D eigenvalue weighted by molar-refractivity contribution is 0.277. The van der Waals surface area contributed by atoms with E-state index in [1.54, 1.807) is 14.2 Å². The number of ether oxygens (including phenoxy) is 1. The summed E-state index contributed by atoms with van der Waals surface area (Å²) in [6.45, 7) is 0.676. The third-order valence-electron chi connectivity index (χ3n) is 2.07. The Balaban J connectivity index is 0. The Morgan fingerprint density at radius 3 is 1.00 bits per heavy atom. The van der Waals surface area contributed by atoms with E-state index in [0.29, 0.717) is 13.2 Å². The number of unbranched alkanes of at least 4 members (excludes halogenated alkanes) is 7. The van der Waals surface area contributed by atoms with Gasteiger partial charge in [0.2, 0.25) is 0 Å². The number of aliphatic hydroxyl groups is 2. The summed E-state index contributed by atoms with van der Waals surface area (Å²) in [5.74, 6) is 0. The topological polar surface area (TPSA) is 49.7 Å². The van der Waals surface area contributed by atoms with Gasteiger partial charge in [0.25, 0.3) is 0 Å². The molecule has 3 heteroatoms. The van der Waals surface area contributed by atoms with E-state index in [1.165, 1.54) is 25.7 Å². The van der Waals surface area contributed by atoms with Gasteiger partial charge in [-0.25, -0.2) is 0 Å². The summed E-state index contributed by atoms with van der Waals surface area (Å²) in [6.07, 6.45) is 9.30. The molecule has 0 aliphatic carbocycles. The minimum Gasteiger partial charge on any atom is -0.396 e. The van der Waals surface area contributed by atoms with Gasteiger partial charge < -0.3 is 14.9 Å². The minimum absolute atomic E-state index is 0.338. The fourth-order valence-corrected chi connectivity index (χ4v) is 1.28. The highest BCUT2D eigenvalue weighted by molar-refractivity contribution is 4.45. The van der Waals surface area contributed by atoms with Gasteiger partial charge in [0.05, 0.1) is 0 Å². The molecule has 94 valence electrons. The molecule has 0 saturated heterocycles. The Bertz CT molecular complexity index is 76.9. The highest BCUT2D eigenvalue weighted by Crippen LogP contribution is 2.07. The Morgan fingerprint density at radius 2 is 0.800 bits per heavy atom. The van der Waals surface area contributed by atoms with E-state index in [-0.39, 0.29) is 0 Å². The zero-order valence-electron chi connectivity index (χ0n) is 10.4. The Hall–Kier alpha value is -0.120. The second kappa shape index (κ2) is 19.5. The largest absolute Gasteiger partial charge is 0.396 e. The second-order valence-electron chi connectivity index (χ2n) is 3.68. The molecule has 0 heterocycles. The predicted octanol–water partition coefficient (Wildman–Crippen LogP) is 2.35. The molecule has 15 heavy (non-hydrogen) atoms. The summed E-state index contributed by atoms with van der Waals surface area (Å²) in [6, 6.07) is 0. The molecule has 0 saturated carbocycles. The monoisotopic (exact) mass is 220 g/mol. The van der Waals surface area contributed by atoms with Gasteiger partial charge >= 0.3 is 0 Å². The minimum atomic E-state index is 0.338. The summed E-state index contributed by atoms with van der Waals surface area (Å²) in [7, 11) is 3.25. The van der Waals surface area contributed by atoms with Crippen LogP contribution in [-0.2, 0) is 4.74 Å². The Morgan fingerprint density at radius 1 is 0.600 bits per heavy atom. The zero-order chi connectivity index (χ0) is 11.8. The SMILES string of the molecule is COC.OCCCCCCCCCCO. The molecule has 3 nitrogen and oxygen atoms in total. The molecule has 0 aromatic heterocycles. The van der Waals surface area contributed by atoms with Crippen molar-refractivity contribution < 1.29 is 14.9 Å². The first-order valence-corrected chi connectivity index (χ1v) is 5.95. The first-order valence-electron chi connectivity index (χ1n) is 5.95. The normalized spacial score (nSPS) is 9.60. The van der Waals surface area contributed by atoms with Crippen LogP contribution in [0.4, 0.5) is 0 Å². The summed E-state index contributed by atoms with van der Waals surface area (Å²) in [4.78, 5) is 0. The number of aliphatic hydroxyl groups excluding tert-OH is 2. The van der Waals surface area contributed by atoms with Crippen LogP contribution in [0.1, 0.15) is 51.4 Å². The van der Waals surface area contributed by atoms with Crippen molar-refractivity contribution in [1.82, 2.24) is 0 Å². The van der Waals surface area contributed by atoms with Crippen molar-refractivity contribution in [3.8, 4) is 0 Å². The van der Waals surface area contributed by atoms with Gasteiger partial charge in [-0.1, -0.05) is 38.5 Å². The van der Waals surface area contributed by atoms with Crippen LogP contribution in [0, 0.1) is 0 Å². The fourth-order valence-electron chi connectivity index (χ4n) is 1.28. The third-order valence-corrected chi connectivity index (χ3v) is 2.07. The van der Waals surface area contributed by atoms with E-state index in [0.717, 1.165) is 25.7 Å². The average Bonchev–Trinajstić information content (AvgIpc) is 2.23. The van der Waals surface area contributed by atoms with Crippen LogP contribution in [0.15, 0.2) is 0 Å². The van der Waals surface area contributed by atoms with Gasteiger partial charge in [-0.2, -0.15) is 0 Å². The molecule has 2 N–H and O–H groups in total. The molecule has 0 bridgehead atoms. The number of hydrogen-bond donors (Lipinski definition) is 2. The van der Waals surface area contributed by atoms with Crippen LogP contribution in [0.2, 0.25) is 0 Å². The standard InChI is InChI=1S/C10H22O2.C2H6O/c11-9-7-5-3-1-2-4-6-8-10-12;1-3-2/h11-12H,1-10H2;1-2H3. The van der Waals surface area contributed by atoms with Crippen LogP contribution in [-0.4, -0.2) is 37.6 Å². The van der Waals surface area contributed by atoms with Crippen molar-refractivity contribution in [2.75, 3.05) is 27.4 Å². The van der Waals surface area contributed by atoms with Gasteiger partial charge in [-0.3, -0.25) is 0 Å². The molecule has 0 aromatic rings. The molecule has 0 radical (unpaired) electrons. The fraction of sp³-hybridized carbons (Fsp3) is 1.00. The quantitative estimate of drug-likeness (QED) is 0.586. The maximum atomic E-state index is 8.51. The lowest BCUT2D eigenvalue weighted by atomic mass is 10.1. The van der Waals surface area contributed by atoms with Gasteiger partial charge in [0.1, 0.15) is 0 Å². The Labute approximate surface area is 94.5 Å². The van der Waals surface area contributed by atoms with Crippen molar-refractivity contribution in [3.05, 3.63) is 0 Å². The van der Waals surface area contributed by atoms with E-state index in [1.807, 2.05) is 0 Å². The maximum Gasteiger partial charge on any atom is 0.0431 e. The molecular formula is C12H28O3. The van der Waals surface area contributed by atoms with Crippen LogP contribution in [0.25, 0.3) is 0 Å². The van der Waals surface area contributed by atoms with Gasteiger partial charge in [-0.15, -0.1) is 0 Å². The molecule has 0 aliphatic rings. The molecule has 0 unspecified atom stereocenters. The first-order chi connectivity index (χ1) is 7.33. The smallest absolute Gasteiger partial charge is 0.0431 e. The predicted molar refractivity (Wildman–Crippen MR) is 64.0 cm³/mol. The summed E-state index contributed by atoms with van der Waals surface area (Å²) in [5.41, 5.74) is 0. The van der Waals surface area contributed by atoms with Crippen molar-refractivity contribution in [2.24, 2.45) is 0 Å². The Kier molecular flexibility index (Phi) is 22.4. The van der Waals surface area contributed by atoms with E-state index in [2.05, 4.69) is 4.74 Å². The summed E-state index contributed by atoms with van der Waals surface area (Å²) < 4.78 is 4.25. The first kappa shape index (κ1) is 17.3. The van der Waals surface area contributed by atoms with E-state index >= 15 is 0 Å². The summed E-state index contributed by atoms with van der Waals surface area (Å²) >= 11 is 0. The van der Waals surface area contributed by atoms with Crippen LogP contribution >= 0.6 is 0 Å². The zero-order valence-corrected chi connectivity index (χ0v) is 10.4. The maximum absolute atomic E-state index is 8.51. The van der Waals surface area contributed by atoms with Crippen molar-refractivity contribution in [1.29, 1.82) is 0 Å². The third kappa shape index (κ3) is 24.8. The summed E-state index contributed by atoms with van der Waals surface area (Å²) in [5, 5.41) is 17.0. The number of methoxy groups -OCH3 is 1. The van der Waals surface area contributed by atoms with Gasteiger partial charge in [-0.05, 0) is 12.8 Å². The average molecular weight is 220 g/mol. The highest BCUT2D eigenvalue weighted by atomic mass is 16.4. The molecule has 0 amide bonds. The van der Waals surface area contributed by atoms with Crippen LogP contribution in [0.3, 0.4) is 0 Å². The molecule has 0 atom stereocenters. The van der Waals surface area contributed by atoms with E-state index in [9.17, 15) is 0 Å². The van der Waals surface area contributed by atoms with Crippen molar-refractivity contribution in [2.45, 2.75) is 51.4 Å². The lowest BCUT2D eigenvalue weighted by Gasteiger charge is -1.99. The lowest BCUT2D eigenvalue weighted by Crippen LogP contribution is -1.85. The number of rotatable bonds is 9. The van der Waals surface area contributed by atoms with E-state index < -0.39 is 0 Å².